The van der Waals surface area contributed by atoms with Crippen LogP contribution in [0.1, 0.15) is 32.5 Å². The van der Waals surface area contributed by atoms with E-state index in [0.29, 0.717) is 6.54 Å². The van der Waals surface area contributed by atoms with Crippen molar-refractivity contribution < 1.29 is 4.79 Å². The van der Waals surface area contributed by atoms with Gasteiger partial charge in [0.25, 0.3) is 5.91 Å². The number of anilines is 1. The molecule has 0 radical (unpaired) electrons. The lowest BCUT2D eigenvalue weighted by molar-refractivity contribution is 0.0924. The van der Waals surface area contributed by atoms with Gasteiger partial charge in [-0.3, -0.25) is 9.69 Å². The number of rotatable bonds is 5. The predicted octanol–water partition coefficient (Wildman–Crippen LogP) is 2.65. The number of carbonyl (C=O) groups is 1. The SMILES string of the molecule is Nc1nccnc1C(=O)NC[C@H](c1ccccc1)N1CCc2sccc2C1. The lowest BCUT2D eigenvalue weighted by Gasteiger charge is -2.35. The Morgan fingerprint density at radius 1 is 1.22 bits per heavy atom. The molecule has 0 aliphatic carbocycles. The first kappa shape index (κ1) is 17.6. The van der Waals surface area contributed by atoms with Crippen molar-refractivity contribution in [2.24, 2.45) is 0 Å². The number of thiophene rings is 1. The van der Waals surface area contributed by atoms with E-state index in [2.05, 4.69) is 43.8 Å². The second kappa shape index (κ2) is 7.85. The van der Waals surface area contributed by atoms with Gasteiger partial charge in [-0.25, -0.2) is 9.97 Å². The zero-order valence-corrected chi connectivity index (χ0v) is 15.7. The summed E-state index contributed by atoms with van der Waals surface area (Å²) in [5.74, 6) is -0.151. The standard InChI is InChI=1S/C20H21N5OS/c21-19-18(22-8-9-23-19)20(26)24-12-16(14-4-2-1-3-5-14)25-10-6-17-15(13-25)7-11-27-17/h1-5,7-9,11,16H,6,10,12-13H2,(H2,21,23)(H,24,26)/t16-/m1/s1. The molecule has 3 aromatic rings. The van der Waals surface area contributed by atoms with Crippen LogP contribution in [0.3, 0.4) is 0 Å². The van der Waals surface area contributed by atoms with Crippen molar-refractivity contribution in [3.63, 3.8) is 0 Å². The summed E-state index contributed by atoms with van der Waals surface area (Å²) in [6.07, 6.45) is 4.00. The Bertz CT molecular complexity index is 927. The number of amides is 1. The van der Waals surface area contributed by atoms with Gasteiger partial charge in [0.15, 0.2) is 11.5 Å². The largest absolute Gasteiger partial charge is 0.382 e. The molecule has 0 bridgehead atoms. The Morgan fingerprint density at radius 2 is 2.04 bits per heavy atom. The number of aromatic nitrogens is 2. The van der Waals surface area contributed by atoms with Crippen LogP contribution < -0.4 is 11.1 Å². The molecule has 0 spiro atoms. The average Bonchev–Trinajstić information content (AvgIpc) is 3.17. The number of nitrogens with zero attached hydrogens (tertiary/aromatic N) is 3. The molecule has 0 fully saturated rings. The van der Waals surface area contributed by atoms with Gasteiger partial charge in [-0.05, 0) is 29.0 Å². The Hall–Kier alpha value is -2.77. The van der Waals surface area contributed by atoms with E-state index in [0.717, 1.165) is 19.5 Å². The summed E-state index contributed by atoms with van der Waals surface area (Å²) in [7, 11) is 0. The van der Waals surface area contributed by atoms with E-state index in [1.54, 1.807) is 0 Å². The van der Waals surface area contributed by atoms with Gasteiger partial charge in [-0.15, -0.1) is 11.3 Å². The van der Waals surface area contributed by atoms with Crippen LogP contribution in [0.25, 0.3) is 0 Å². The van der Waals surface area contributed by atoms with Crippen molar-refractivity contribution in [3.05, 3.63) is 75.9 Å². The maximum absolute atomic E-state index is 12.5. The summed E-state index contributed by atoms with van der Waals surface area (Å²) in [6, 6.07) is 12.6. The lowest BCUT2D eigenvalue weighted by atomic mass is 10.0. The van der Waals surface area contributed by atoms with Crippen molar-refractivity contribution in [2.45, 2.75) is 19.0 Å². The number of nitrogens with two attached hydrogens (primary N) is 1. The minimum absolute atomic E-state index is 0.0843. The summed E-state index contributed by atoms with van der Waals surface area (Å²) in [6.45, 7) is 2.34. The van der Waals surface area contributed by atoms with E-state index >= 15 is 0 Å². The number of fused-ring (bicyclic) bond motifs is 1. The fourth-order valence-corrected chi connectivity index (χ4v) is 4.36. The third kappa shape index (κ3) is 3.84. The van der Waals surface area contributed by atoms with Crippen LogP contribution >= 0.6 is 11.3 Å². The minimum atomic E-state index is -0.297. The van der Waals surface area contributed by atoms with Gasteiger partial charge in [-0.2, -0.15) is 0 Å². The first-order valence-corrected chi connectivity index (χ1v) is 9.79. The van der Waals surface area contributed by atoms with Crippen molar-refractivity contribution in [1.29, 1.82) is 0 Å². The van der Waals surface area contributed by atoms with Crippen molar-refractivity contribution in [3.8, 4) is 0 Å². The molecule has 6 nitrogen and oxygen atoms in total. The van der Waals surface area contributed by atoms with Crippen LogP contribution in [-0.2, 0) is 13.0 Å². The molecule has 1 atom stereocenters. The van der Waals surface area contributed by atoms with Crippen LogP contribution in [0.15, 0.2) is 54.2 Å². The second-order valence-electron chi connectivity index (χ2n) is 6.52. The summed E-state index contributed by atoms with van der Waals surface area (Å²) in [5, 5.41) is 5.15. The molecule has 7 heteroatoms. The van der Waals surface area contributed by atoms with E-state index < -0.39 is 0 Å². The van der Waals surface area contributed by atoms with Gasteiger partial charge in [0.05, 0.1) is 6.04 Å². The van der Waals surface area contributed by atoms with Crippen molar-refractivity contribution in [2.75, 3.05) is 18.8 Å². The highest BCUT2D eigenvalue weighted by Gasteiger charge is 2.26. The molecule has 4 rings (SSSR count). The van der Waals surface area contributed by atoms with Crippen LogP contribution in [0.2, 0.25) is 0 Å². The summed E-state index contributed by atoms with van der Waals surface area (Å²) >= 11 is 1.83. The molecule has 0 saturated heterocycles. The average molecular weight is 379 g/mol. The topological polar surface area (TPSA) is 84.1 Å². The Labute approximate surface area is 162 Å². The molecule has 1 aliphatic heterocycles. The number of nitrogens with one attached hydrogen (secondary N) is 1. The van der Waals surface area contributed by atoms with Gasteiger partial charge >= 0.3 is 0 Å². The molecule has 0 unspecified atom stereocenters. The van der Waals surface area contributed by atoms with Crippen molar-refractivity contribution >= 4 is 23.1 Å². The van der Waals surface area contributed by atoms with Gasteiger partial charge in [0, 0.05) is 36.9 Å². The molecule has 0 saturated carbocycles. The predicted molar refractivity (Wildman–Crippen MR) is 106 cm³/mol. The third-order valence-corrected chi connectivity index (χ3v) is 5.88. The molecular weight excluding hydrogens is 358 g/mol. The lowest BCUT2D eigenvalue weighted by Crippen LogP contribution is -2.40. The summed E-state index contributed by atoms with van der Waals surface area (Å²) in [4.78, 5) is 24.4. The van der Waals surface area contributed by atoms with Crippen LogP contribution in [-0.4, -0.2) is 33.9 Å². The highest BCUT2D eigenvalue weighted by Crippen LogP contribution is 2.30. The molecule has 3 heterocycles. The molecule has 27 heavy (non-hydrogen) atoms. The number of hydrogen-bond acceptors (Lipinski definition) is 6. The maximum atomic E-state index is 12.5. The molecule has 1 aromatic carbocycles. The molecule has 2 aromatic heterocycles. The zero-order chi connectivity index (χ0) is 18.6. The smallest absolute Gasteiger partial charge is 0.273 e. The monoisotopic (exact) mass is 379 g/mol. The highest BCUT2D eigenvalue weighted by atomic mass is 32.1. The quantitative estimate of drug-likeness (QED) is 0.712. The molecule has 1 amide bonds. The van der Waals surface area contributed by atoms with Gasteiger partial charge in [0.2, 0.25) is 0 Å². The number of nitrogen functional groups attached to an aromatic ring is 1. The number of carbonyl (C=O) groups excluding carboxylic acids is 1. The van der Waals surface area contributed by atoms with E-state index in [9.17, 15) is 4.79 Å². The number of benzene rings is 1. The number of hydrogen-bond donors (Lipinski definition) is 2. The second-order valence-corrected chi connectivity index (χ2v) is 7.52. The van der Waals surface area contributed by atoms with Crippen LogP contribution in [0.4, 0.5) is 5.82 Å². The first-order valence-electron chi connectivity index (χ1n) is 8.91. The maximum Gasteiger partial charge on any atom is 0.273 e. The molecule has 138 valence electrons. The van der Waals surface area contributed by atoms with Gasteiger partial charge in [-0.1, -0.05) is 30.3 Å². The van der Waals surface area contributed by atoms with Crippen LogP contribution in [0.5, 0.6) is 0 Å². The third-order valence-electron chi connectivity index (χ3n) is 4.86. The molecular formula is C20H21N5OS. The summed E-state index contributed by atoms with van der Waals surface area (Å²) in [5.41, 5.74) is 8.52. The normalized spacial score (nSPS) is 15.1. The van der Waals surface area contributed by atoms with E-state index in [-0.39, 0.29) is 23.5 Å². The van der Waals surface area contributed by atoms with Crippen LogP contribution in [0, 0.1) is 0 Å². The first-order chi connectivity index (χ1) is 13.2. The highest BCUT2D eigenvalue weighted by molar-refractivity contribution is 7.10. The van der Waals surface area contributed by atoms with Crippen molar-refractivity contribution in [1.82, 2.24) is 20.2 Å². The fourth-order valence-electron chi connectivity index (χ4n) is 3.47. The minimum Gasteiger partial charge on any atom is -0.382 e. The summed E-state index contributed by atoms with van der Waals surface area (Å²) < 4.78 is 0. The van der Waals surface area contributed by atoms with Gasteiger partial charge < -0.3 is 11.1 Å². The zero-order valence-electron chi connectivity index (χ0n) is 14.8. The molecule has 1 aliphatic rings. The van der Waals surface area contributed by atoms with E-state index in [4.69, 9.17) is 5.73 Å². The Kier molecular flexibility index (Phi) is 5.13. The Balaban J connectivity index is 1.53. The molecule has 3 N–H and O–H groups in total. The fraction of sp³-hybridized carbons (Fsp3) is 0.250. The Morgan fingerprint density at radius 3 is 2.85 bits per heavy atom. The van der Waals surface area contributed by atoms with E-state index in [1.165, 1.54) is 28.4 Å². The van der Waals surface area contributed by atoms with Gasteiger partial charge in [0.1, 0.15) is 0 Å². The van der Waals surface area contributed by atoms with E-state index in [1.807, 2.05) is 29.5 Å².